The van der Waals surface area contributed by atoms with Gasteiger partial charge in [-0.2, -0.15) is 0 Å². The minimum Gasteiger partial charge on any atom is -0.356 e. The second-order valence-electron chi connectivity index (χ2n) is 4.53. The fourth-order valence-electron chi connectivity index (χ4n) is 2.00. The molecule has 0 bridgehead atoms. The number of rotatable bonds is 4. The molecule has 0 spiro atoms. The molecular formula is C16H21N3. The monoisotopic (exact) mass is 255 g/mol. The second kappa shape index (κ2) is 6.78. The van der Waals surface area contributed by atoms with Crippen LogP contribution in [-0.2, 0) is 6.54 Å². The van der Waals surface area contributed by atoms with Crippen molar-refractivity contribution in [3.8, 4) is 0 Å². The van der Waals surface area contributed by atoms with Gasteiger partial charge in [-0.05, 0) is 28.8 Å². The number of fused-ring (bicyclic) bond motifs is 1. The standard InChI is InChI=1S/C16H21N3/c1-3-10-18-16(17-2)19-12-13-8-9-14-6-4-5-7-15(14)11-13/h4-9,11H,3,10,12H2,1-2H3,(H2,17,18,19). The molecule has 0 aliphatic rings. The van der Waals surface area contributed by atoms with Crippen LogP contribution in [0, 0.1) is 0 Å². The summed E-state index contributed by atoms with van der Waals surface area (Å²) < 4.78 is 0. The van der Waals surface area contributed by atoms with Crippen molar-refractivity contribution in [2.45, 2.75) is 19.9 Å². The molecule has 2 aromatic rings. The molecule has 2 N–H and O–H groups in total. The fourth-order valence-corrected chi connectivity index (χ4v) is 2.00. The molecule has 100 valence electrons. The lowest BCUT2D eigenvalue weighted by atomic mass is 10.1. The lowest BCUT2D eigenvalue weighted by Crippen LogP contribution is -2.37. The Balaban J connectivity index is 2.01. The van der Waals surface area contributed by atoms with Gasteiger partial charge in [0.1, 0.15) is 0 Å². The Kier molecular flexibility index (Phi) is 4.78. The molecule has 0 heterocycles. The third kappa shape index (κ3) is 3.71. The van der Waals surface area contributed by atoms with Gasteiger partial charge in [-0.1, -0.05) is 43.3 Å². The molecule has 2 aromatic carbocycles. The maximum absolute atomic E-state index is 4.20. The molecule has 19 heavy (non-hydrogen) atoms. The zero-order valence-corrected chi connectivity index (χ0v) is 11.6. The molecule has 3 nitrogen and oxygen atoms in total. The molecule has 0 saturated heterocycles. The summed E-state index contributed by atoms with van der Waals surface area (Å²) in [7, 11) is 1.80. The van der Waals surface area contributed by atoms with E-state index >= 15 is 0 Å². The van der Waals surface area contributed by atoms with Crippen LogP contribution in [0.15, 0.2) is 47.5 Å². The summed E-state index contributed by atoms with van der Waals surface area (Å²) in [5, 5.41) is 9.14. The molecule has 2 rings (SSSR count). The zero-order chi connectivity index (χ0) is 13.5. The van der Waals surface area contributed by atoms with E-state index < -0.39 is 0 Å². The molecule has 0 aromatic heterocycles. The Hall–Kier alpha value is -2.03. The fraction of sp³-hybridized carbons (Fsp3) is 0.312. The predicted octanol–water partition coefficient (Wildman–Crippen LogP) is 2.91. The van der Waals surface area contributed by atoms with Crippen molar-refractivity contribution in [3.05, 3.63) is 48.0 Å². The van der Waals surface area contributed by atoms with E-state index in [-0.39, 0.29) is 0 Å². The highest BCUT2D eigenvalue weighted by Crippen LogP contribution is 2.15. The Morgan fingerprint density at radius 1 is 1.05 bits per heavy atom. The number of nitrogens with zero attached hydrogens (tertiary/aromatic N) is 1. The van der Waals surface area contributed by atoms with Crippen molar-refractivity contribution in [1.29, 1.82) is 0 Å². The molecule has 3 heteroatoms. The summed E-state index contributed by atoms with van der Waals surface area (Å²) in [6.45, 7) is 3.87. The van der Waals surface area contributed by atoms with Crippen molar-refractivity contribution < 1.29 is 0 Å². The molecule has 0 amide bonds. The molecule has 0 aliphatic carbocycles. The number of hydrogen-bond acceptors (Lipinski definition) is 1. The van der Waals surface area contributed by atoms with Gasteiger partial charge in [0, 0.05) is 20.1 Å². The van der Waals surface area contributed by atoms with E-state index in [1.165, 1.54) is 16.3 Å². The SMILES string of the molecule is CCCNC(=NC)NCc1ccc2ccccc2c1. The third-order valence-corrected chi connectivity index (χ3v) is 3.04. The van der Waals surface area contributed by atoms with E-state index in [0.29, 0.717) is 0 Å². The highest BCUT2D eigenvalue weighted by atomic mass is 15.2. The van der Waals surface area contributed by atoms with E-state index in [4.69, 9.17) is 0 Å². The number of aliphatic imine (C=N–C) groups is 1. The van der Waals surface area contributed by atoms with Gasteiger partial charge in [0.2, 0.25) is 0 Å². The molecule has 0 unspecified atom stereocenters. The Morgan fingerprint density at radius 3 is 2.58 bits per heavy atom. The number of hydrogen-bond donors (Lipinski definition) is 2. The summed E-state index contributed by atoms with van der Waals surface area (Å²) in [6.07, 6.45) is 1.09. The minimum absolute atomic E-state index is 0.786. The Bertz CT molecular complexity index is 561. The lowest BCUT2D eigenvalue weighted by Gasteiger charge is -2.11. The molecule has 0 radical (unpaired) electrons. The van der Waals surface area contributed by atoms with Crippen LogP contribution in [0.4, 0.5) is 0 Å². The van der Waals surface area contributed by atoms with Gasteiger partial charge < -0.3 is 10.6 Å². The summed E-state index contributed by atoms with van der Waals surface area (Å²) >= 11 is 0. The molecule has 0 atom stereocenters. The predicted molar refractivity (Wildman–Crippen MR) is 82.4 cm³/mol. The first-order valence-electron chi connectivity index (χ1n) is 6.75. The number of guanidine groups is 1. The molecule has 0 saturated carbocycles. The van der Waals surface area contributed by atoms with Gasteiger partial charge in [0.25, 0.3) is 0 Å². The van der Waals surface area contributed by atoms with Crippen molar-refractivity contribution in [3.63, 3.8) is 0 Å². The highest BCUT2D eigenvalue weighted by Gasteiger charge is 1.98. The molecular weight excluding hydrogens is 234 g/mol. The van der Waals surface area contributed by atoms with Gasteiger partial charge in [-0.15, -0.1) is 0 Å². The Morgan fingerprint density at radius 2 is 1.84 bits per heavy atom. The largest absolute Gasteiger partial charge is 0.356 e. The average molecular weight is 255 g/mol. The summed E-state index contributed by atoms with van der Waals surface area (Å²) in [5.41, 5.74) is 1.26. The van der Waals surface area contributed by atoms with Crippen LogP contribution in [0.25, 0.3) is 10.8 Å². The van der Waals surface area contributed by atoms with Crippen molar-refractivity contribution >= 4 is 16.7 Å². The van der Waals surface area contributed by atoms with E-state index in [9.17, 15) is 0 Å². The molecule has 0 aliphatic heterocycles. The average Bonchev–Trinajstić information content (AvgIpc) is 2.47. The van der Waals surface area contributed by atoms with Crippen LogP contribution in [0.1, 0.15) is 18.9 Å². The van der Waals surface area contributed by atoms with Gasteiger partial charge in [0.15, 0.2) is 5.96 Å². The van der Waals surface area contributed by atoms with Crippen LogP contribution in [0.5, 0.6) is 0 Å². The third-order valence-electron chi connectivity index (χ3n) is 3.04. The first kappa shape index (κ1) is 13.4. The minimum atomic E-state index is 0.786. The second-order valence-corrected chi connectivity index (χ2v) is 4.53. The van der Waals surface area contributed by atoms with E-state index in [1.54, 1.807) is 7.05 Å². The lowest BCUT2D eigenvalue weighted by molar-refractivity contribution is 0.782. The number of nitrogens with one attached hydrogen (secondary N) is 2. The summed E-state index contributed by atoms with van der Waals surface area (Å²) in [4.78, 5) is 4.20. The van der Waals surface area contributed by atoms with Crippen molar-refractivity contribution in [2.24, 2.45) is 4.99 Å². The molecule has 0 fully saturated rings. The van der Waals surface area contributed by atoms with Gasteiger partial charge in [-0.25, -0.2) is 0 Å². The van der Waals surface area contributed by atoms with Crippen LogP contribution >= 0.6 is 0 Å². The Labute approximate surface area is 114 Å². The topological polar surface area (TPSA) is 36.4 Å². The van der Waals surface area contributed by atoms with Crippen LogP contribution in [-0.4, -0.2) is 19.6 Å². The van der Waals surface area contributed by atoms with E-state index in [1.807, 2.05) is 0 Å². The summed E-state index contributed by atoms with van der Waals surface area (Å²) in [5.74, 6) is 0.856. The zero-order valence-electron chi connectivity index (χ0n) is 11.6. The smallest absolute Gasteiger partial charge is 0.191 e. The van der Waals surface area contributed by atoms with Crippen molar-refractivity contribution in [2.75, 3.05) is 13.6 Å². The van der Waals surface area contributed by atoms with Crippen LogP contribution < -0.4 is 10.6 Å². The van der Waals surface area contributed by atoms with Gasteiger partial charge in [-0.3, -0.25) is 4.99 Å². The normalized spacial score (nSPS) is 11.6. The van der Waals surface area contributed by atoms with E-state index in [2.05, 4.69) is 65.0 Å². The van der Waals surface area contributed by atoms with Crippen molar-refractivity contribution in [1.82, 2.24) is 10.6 Å². The van der Waals surface area contributed by atoms with Crippen LogP contribution in [0.2, 0.25) is 0 Å². The first-order chi connectivity index (χ1) is 9.33. The maximum atomic E-state index is 4.20. The quantitative estimate of drug-likeness (QED) is 0.651. The van der Waals surface area contributed by atoms with Crippen LogP contribution in [0.3, 0.4) is 0 Å². The van der Waals surface area contributed by atoms with Gasteiger partial charge >= 0.3 is 0 Å². The van der Waals surface area contributed by atoms with E-state index in [0.717, 1.165) is 25.5 Å². The van der Waals surface area contributed by atoms with Gasteiger partial charge in [0.05, 0.1) is 0 Å². The number of benzene rings is 2. The maximum Gasteiger partial charge on any atom is 0.191 e. The first-order valence-corrected chi connectivity index (χ1v) is 6.75. The summed E-state index contributed by atoms with van der Waals surface area (Å²) in [6, 6.07) is 14.9. The highest BCUT2D eigenvalue weighted by molar-refractivity contribution is 5.83.